The van der Waals surface area contributed by atoms with Gasteiger partial charge in [0.2, 0.25) is 0 Å². The topological polar surface area (TPSA) is 70.4 Å². The van der Waals surface area contributed by atoms with Crippen molar-refractivity contribution in [2.75, 3.05) is 43.4 Å². The van der Waals surface area contributed by atoms with Crippen molar-refractivity contribution >= 4 is 17.1 Å². The first kappa shape index (κ1) is 16.2. The van der Waals surface area contributed by atoms with E-state index in [0.29, 0.717) is 24.5 Å². The molecule has 6 nitrogen and oxygen atoms in total. The van der Waals surface area contributed by atoms with Crippen molar-refractivity contribution in [1.82, 2.24) is 4.90 Å². The Labute approximate surface area is 120 Å². The Hall–Kier alpha value is -1.82. The first-order chi connectivity index (χ1) is 9.63. The predicted octanol–water partition coefficient (Wildman–Crippen LogP) is 2.78. The zero-order valence-electron chi connectivity index (χ0n) is 12.5. The molecule has 112 valence electrons. The third kappa shape index (κ3) is 4.38. The van der Waals surface area contributed by atoms with Gasteiger partial charge in [-0.15, -0.1) is 0 Å². The lowest BCUT2D eigenvalue weighted by molar-refractivity contribution is -0.383. The molecule has 0 aromatic heterocycles. The van der Waals surface area contributed by atoms with Crippen LogP contribution in [0.5, 0.6) is 0 Å². The van der Waals surface area contributed by atoms with Crippen LogP contribution in [0.2, 0.25) is 0 Å². The summed E-state index contributed by atoms with van der Waals surface area (Å²) in [6.07, 6.45) is 0. The number of para-hydroxylation sites is 1. The molecule has 0 bridgehead atoms. The smallest absolute Gasteiger partial charge is 0.315 e. The Kier molecular flexibility index (Phi) is 6.79. The molecule has 2 N–H and O–H groups in total. The van der Waals surface area contributed by atoms with Crippen LogP contribution in [0.15, 0.2) is 18.2 Å². The lowest BCUT2D eigenvalue weighted by Crippen LogP contribution is -2.28. The highest BCUT2D eigenvalue weighted by Gasteiger charge is 2.18. The minimum Gasteiger partial charge on any atom is -0.380 e. The van der Waals surface area contributed by atoms with E-state index in [9.17, 15) is 10.1 Å². The minimum absolute atomic E-state index is 0.119. The highest BCUT2D eigenvalue weighted by molar-refractivity contribution is 5.76. The van der Waals surface area contributed by atoms with Crippen LogP contribution in [0, 0.1) is 10.1 Å². The van der Waals surface area contributed by atoms with Gasteiger partial charge in [0.15, 0.2) is 0 Å². The van der Waals surface area contributed by atoms with Gasteiger partial charge in [0, 0.05) is 19.6 Å². The first-order valence-corrected chi connectivity index (χ1v) is 7.11. The van der Waals surface area contributed by atoms with Gasteiger partial charge in [-0.1, -0.05) is 19.9 Å². The molecular formula is C14H24N4O2. The van der Waals surface area contributed by atoms with Crippen LogP contribution in [-0.4, -0.2) is 42.5 Å². The van der Waals surface area contributed by atoms with Gasteiger partial charge in [-0.25, -0.2) is 0 Å². The fourth-order valence-corrected chi connectivity index (χ4v) is 2.10. The van der Waals surface area contributed by atoms with E-state index in [0.717, 1.165) is 19.6 Å². The number of hydrogen-bond donors (Lipinski definition) is 2. The number of benzene rings is 1. The van der Waals surface area contributed by atoms with E-state index >= 15 is 0 Å². The molecule has 0 unspecified atom stereocenters. The van der Waals surface area contributed by atoms with Crippen molar-refractivity contribution in [3.63, 3.8) is 0 Å². The molecule has 1 aromatic carbocycles. The quantitative estimate of drug-likeness (QED) is 0.537. The van der Waals surface area contributed by atoms with Gasteiger partial charge in [0.25, 0.3) is 0 Å². The number of nitro benzene ring substituents is 1. The maximum Gasteiger partial charge on any atom is 0.315 e. The summed E-state index contributed by atoms with van der Waals surface area (Å²) >= 11 is 0. The van der Waals surface area contributed by atoms with Gasteiger partial charge in [-0.3, -0.25) is 10.1 Å². The number of anilines is 2. The van der Waals surface area contributed by atoms with Crippen LogP contribution in [0.3, 0.4) is 0 Å². The van der Waals surface area contributed by atoms with E-state index < -0.39 is 0 Å². The van der Waals surface area contributed by atoms with Gasteiger partial charge < -0.3 is 15.5 Å². The Morgan fingerprint density at radius 2 is 1.75 bits per heavy atom. The number of nitrogens with one attached hydrogen (secondary N) is 2. The van der Waals surface area contributed by atoms with Crippen molar-refractivity contribution in [3.8, 4) is 0 Å². The third-order valence-electron chi connectivity index (χ3n) is 3.22. The predicted molar refractivity (Wildman–Crippen MR) is 83.5 cm³/mol. The number of nitrogens with zero attached hydrogens (tertiary/aromatic N) is 2. The molecule has 0 radical (unpaired) electrons. The molecule has 0 aliphatic carbocycles. The van der Waals surface area contributed by atoms with Gasteiger partial charge in [-0.05, 0) is 32.1 Å². The van der Waals surface area contributed by atoms with Crippen molar-refractivity contribution in [1.29, 1.82) is 0 Å². The molecule has 0 spiro atoms. The maximum atomic E-state index is 11.2. The fraction of sp³-hybridized carbons (Fsp3) is 0.571. The fourth-order valence-electron chi connectivity index (χ4n) is 2.10. The second-order valence-corrected chi connectivity index (χ2v) is 4.44. The van der Waals surface area contributed by atoms with Gasteiger partial charge in [0.05, 0.1) is 4.92 Å². The van der Waals surface area contributed by atoms with Crippen molar-refractivity contribution in [2.24, 2.45) is 0 Å². The summed E-state index contributed by atoms with van der Waals surface area (Å²) in [6, 6.07) is 5.31. The van der Waals surface area contributed by atoms with E-state index in [4.69, 9.17) is 0 Å². The molecule has 6 heteroatoms. The van der Waals surface area contributed by atoms with Gasteiger partial charge in [0.1, 0.15) is 11.4 Å². The molecule has 1 rings (SSSR count). The second-order valence-electron chi connectivity index (χ2n) is 4.44. The number of rotatable bonds is 9. The maximum absolute atomic E-state index is 11.2. The van der Waals surface area contributed by atoms with E-state index in [2.05, 4.69) is 29.4 Å². The zero-order chi connectivity index (χ0) is 15.0. The molecule has 0 amide bonds. The lowest BCUT2D eigenvalue weighted by Gasteiger charge is -2.18. The SMILES string of the molecule is CCNc1cccc(NCCN(CC)CC)c1[N+](=O)[O-]. The molecule has 20 heavy (non-hydrogen) atoms. The highest BCUT2D eigenvalue weighted by Crippen LogP contribution is 2.32. The highest BCUT2D eigenvalue weighted by atomic mass is 16.6. The summed E-state index contributed by atoms with van der Waals surface area (Å²) in [7, 11) is 0. The van der Waals surface area contributed by atoms with Crippen LogP contribution in [0.1, 0.15) is 20.8 Å². The molecule has 0 fully saturated rings. The van der Waals surface area contributed by atoms with E-state index in [1.807, 2.05) is 13.0 Å². The van der Waals surface area contributed by atoms with Crippen molar-refractivity contribution in [3.05, 3.63) is 28.3 Å². The molecular weight excluding hydrogens is 256 g/mol. The minimum atomic E-state index is -0.336. The Morgan fingerprint density at radius 1 is 1.15 bits per heavy atom. The standard InChI is InChI=1S/C14H24N4O2/c1-4-15-12-8-7-9-13(14(12)18(19)20)16-10-11-17(5-2)6-3/h7-9,15-16H,4-6,10-11H2,1-3H3. The molecule has 1 aromatic rings. The second kappa shape index (κ2) is 8.37. The van der Waals surface area contributed by atoms with Crippen molar-refractivity contribution < 1.29 is 4.92 Å². The van der Waals surface area contributed by atoms with Crippen LogP contribution in [-0.2, 0) is 0 Å². The summed E-state index contributed by atoms with van der Waals surface area (Å²) in [4.78, 5) is 13.2. The van der Waals surface area contributed by atoms with Crippen LogP contribution < -0.4 is 10.6 Å². The molecule has 0 atom stereocenters. The summed E-state index contributed by atoms with van der Waals surface area (Å²) < 4.78 is 0. The summed E-state index contributed by atoms with van der Waals surface area (Å²) in [5.41, 5.74) is 1.25. The Bertz CT molecular complexity index is 433. The van der Waals surface area contributed by atoms with Gasteiger partial charge in [-0.2, -0.15) is 0 Å². The average Bonchev–Trinajstić information content (AvgIpc) is 2.44. The van der Waals surface area contributed by atoms with Crippen molar-refractivity contribution in [2.45, 2.75) is 20.8 Å². The molecule has 0 saturated carbocycles. The van der Waals surface area contributed by atoms with Crippen LogP contribution in [0.4, 0.5) is 17.1 Å². The normalized spacial score (nSPS) is 10.6. The molecule has 0 heterocycles. The number of hydrogen-bond acceptors (Lipinski definition) is 5. The van der Waals surface area contributed by atoms with Crippen LogP contribution in [0.25, 0.3) is 0 Å². The molecule has 0 aliphatic heterocycles. The Morgan fingerprint density at radius 3 is 2.25 bits per heavy atom. The molecule has 0 aliphatic rings. The largest absolute Gasteiger partial charge is 0.380 e. The summed E-state index contributed by atoms with van der Waals surface area (Å²) in [5.74, 6) is 0. The Balaban J connectivity index is 2.78. The third-order valence-corrected chi connectivity index (χ3v) is 3.22. The first-order valence-electron chi connectivity index (χ1n) is 7.11. The monoisotopic (exact) mass is 280 g/mol. The van der Waals surface area contributed by atoms with E-state index in [1.165, 1.54) is 0 Å². The zero-order valence-corrected chi connectivity index (χ0v) is 12.5. The lowest BCUT2D eigenvalue weighted by atomic mass is 10.2. The average molecular weight is 280 g/mol. The molecule has 0 saturated heterocycles. The number of nitro groups is 1. The summed E-state index contributed by atoms with van der Waals surface area (Å²) in [5, 5.41) is 17.4. The van der Waals surface area contributed by atoms with Gasteiger partial charge >= 0.3 is 5.69 Å². The number of likely N-dealkylation sites (N-methyl/N-ethyl adjacent to an activating group) is 1. The van der Waals surface area contributed by atoms with Crippen LogP contribution >= 0.6 is 0 Å². The van der Waals surface area contributed by atoms with E-state index in [1.54, 1.807) is 12.1 Å². The summed E-state index contributed by atoms with van der Waals surface area (Å²) in [6.45, 7) is 10.3. The van der Waals surface area contributed by atoms with E-state index in [-0.39, 0.29) is 10.6 Å².